The van der Waals surface area contributed by atoms with Crippen LogP contribution in [0, 0.1) is 5.92 Å². The molecule has 1 saturated heterocycles. The number of methoxy groups -OCH3 is 2. The molecule has 1 aromatic rings. The third kappa shape index (κ3) is 4.86. The molecule has 0 bridgehead atoms. The Morgan fingerprint density at radius 1 is 1.22 bits per heavy atom. The van der Waals surface area contributed by atoms with Gasteiger partial charge >= 0.3 is 0 Å². The highest BCUT2D eigenvalue weighted by molar-refractivity contribution is 5.76. The quantitative estimate of drug-likeness (QED) is 0.873. The Kier molecular flexibility index (Phi) is 6.28. The number of hydrogen-bond donors (Lipinski definition) is 1. The Labute approximate surface area is 138 Å². The molecule has 1 atom stereocenters. The first kappa shape index (κ1) is 17.6. The second-order valence-electron chi connectivity index (χ2n) is 6.30. The minimum atomic E-state index is 0.218. The summed E-state index contributed by atoms with van der Waals surface area (Å²) in [4.78, 5) is 14.4. The van der Waals surface area contributed by atoms with E-state index in [2.05, 4.69) is 6.92 Å². The minimum Gasteiger partial charge on any atom is -0.497 e. The molecule has 1 fully saturated rings. The molecule has 23 heavy (non-hydrogen) atoms. The largest absolute Gasteiger partial charge is 0.497 e. The predicted octanol–water partition coefficient (Wildman–Crippen LogP) is 2.22. The summed E-state index contributed by atoms with van der Waals surface area (Å²) >= 11 is 0. The average molecular weight is 320 g/mol. The van der Waals surface area contributed by atoms with Crippen LogP contribution in [0.2, 0.25) is 0 Å². The van der Waals surface area contributed by atoms with E-state index in [1.807, 2.05) is 23.1 Å². The molecule has 128 valence electrons. The Morgan fingerprint density at radius 3 is 2.26 bits per heavy atom. The van der Waals surface area contributed by atoms with Crippen molar-refractivity contribution in [2.45, 2.75) is 38.6 Å². The normalized spacial score (nSPS) is 17.0. The Bertz CT molecular complexity index is 501. The second-order valence-corrected chi connectivity index (χ2v) is 6.30. The van der Waals surface area contributed by atoms with Crippen LogP contribution < -0.4 is 15.2 Å². The van der Waals surface area contributed by atoms with Gasteiger partial charge in [-0.15, -0.1) is 0 Å². The van der Waals surface area contributed by atoms with Gasteiger partial charge in [0.25, 0.3) is 0 Å². The number of rotatable bonds is 6. The van der Waals surface area contributed by atoms with Gasteiger partial charge in [0.2, 0.25) is 5.91 Å². The van der Waals surface area contributed by atoms with Crippen LogP contribution in [0.3, 0.4) is 0 Å². The third-order valence-corrected chi connectivity index (χ3v) is 4.67. The van der Waals surface area contributed by atoms with Gasteiger partial charge in [0.1, 0.15) is 11.5 Å². The van der Waals surface area contributed by atoms with E-state index in [0.29, 0.717) is 18.8 Å². The number of amides is 1. The van der Waals surface area contributed by atoms with Gasteiger partial charge in [0.15, 0.2) is 0 Å². The number of benzene rings is 1. The van der Waals surface area contributed by atoms with E-state index in [4.69, 9.17) is 15.2 Å². The highest BCUT2D eigenvalue weighted by Crippen LogP contribution is 2.24. The lowest BCUT2D eigenvalue weighted by molar-refractivity contribution is -0.132. The van der Waals surface area contributed by atoms with Crippen molar-refractivity contribution in [1.82, 2.24) is 4.90 Å². The fourth-order valence-electron chi connectivity index (χ4n) is 3.09. The summed E-state index contributed by atoms with van der Waals surface area (Å²) in [7, 11) is 3.26. The fraction of sp³-hybridized carbons (Fsp3) is 0.611. The van der Waals surface area contributed by atoms with Gasteiger partial charge in [-0.3, -0.25) is 4.79 Å². The summed E-state index contributed by atoms with van der Waals surface area (Å²) in [6.07, 6.45) is 3.23. The van der Waals surface area contributed by atoms with Gasteiger partial charge in [-0.05, 0) is 49.8 Å². The maximum absolute atomic E-state index is 12.4. The van der Waals surface area contributed by atoms with Crippen molar-refractivity contribution in [3.8, 4) is 11.5 Å². The van der Waals surface area contributed by atoms with Gasteiger partial charge in [-0.25, -0.2) is 0 Å². The molecule has 0 radical (unpaired) electrons. The maximum Gasteiger partial charge on any atom is 0.222 e. The molecular weight excluding hydrogens is 292 g/mol. The lowest BCUT2D eigenvalue weighted by Gasteiger charge is -2.33. The number of carbonyl (C=O) groups is 1. The van der Waals surface area contributed by atoms with Crippen LogP contribution in [0.15, 0.2) is 18.2 Å². The topological polar surface area (TPSA) is 64.8 Å². The molecule has 1 aromatic carbocycles. The van der Waals surface area contributed by atoms with Crippen LogP contribution in [0.5, 0.6) is 11.5 Å². The van der Waals surface area contributed by atoms with E-state index in [-0.39, 0.29) is 11.9 Å². The first-order chi connectivity index (χ1) is 11.0. The summed E-state index contributed by atoms with van der Waals surface area (Å²) in [5.41, 5.74) is 7.01. The van der Waals surface area contributed by atoms with E-state index in [0.717, 1.165) is 43.0 Å². The summed E-state index contributed by atoms with van der Waals surface area (Å²) in [6, 6.07) is 5.97. The molecule has 1 heterocycles. The molecule has 1 unspecified atom stereocenters. The summed E-state index contributed by atoms with van der Waals surface area (Å²) in [6.45, 7) is 3.71. The number of ether oxygens (including phenoxy) is 2. The van der Waals surface area contributed by atoms with Crippen LogP contribution in [-0.2, 0) is 11.2 Å². The SMILES string of the molecule is COc1cc(CCC(=O)N2CCC(C(C)N)CC2)cc(OC)c1. The minimum absolute atomic E-state index is 0.218. The molecular formula is C18H28N2O3. The van der Waals surface area contributed by atoms with Crippen molar-refractivity contribution < 1.29 is 14.3 Å². The molecule has 1 aliphatic rings. The zero-order valence-corrected chi connectivity index (χ0v) is 14.4. The molecule has 0 aromatic heterocycles. The zero-order chi connectivity index (χ0) is 16.8. The number of piperidine rings is 1. The molecule has 0 saturated carbocycles. The average Bonchev–Trinajstić information content (AvgIpc) is 2.59. The molecule has 5 nitrogen and oxygen atoms in total. The van der Waals surface area contributed by atoms with E-state index >= 15 is 0 Å². The van der Waals surface area contributed by atoms with Crippen molar-refractivity contribution in [2.75, 3.05) is 27.3 Å². The molecule has 0 aliphatic carbocycles. The highest BCUT2D eigenvalue weighted by atomic mass is 16.5. The number of likely N-dealkylation sites (tertiary alicyclic amines) is 1. The van der Waals surface area contributed by atoms with Crippen LogP contribution >= 0.6 is 0 Å². The van der Waals surface area contributed by atoms with Crippen molar-refractivity contribution >= 4 is 5.91 Å². The number of hydrogen-bond acceptors (Lipinski definition) is 4. The van der Waals surface area contributed by atoms with E-state index < -0.39 is 0 Å². The summed E-state index contributed by atoms with van der Waals surface area (Å²) in [5.74, 6) is 2.27. The van der Waals surface area contributed by atoms with Crippen LogP contribution in [0.25, 0.3) is 0 Å². The van der Waals surface area contributed by atoms with Gasteiger partial charge in [0.05, 0.1) is 14.2 Å². The Hall–Kier alpha value is -1.75. The fourth-order valence-corrected chi connectivity index (χ4v) is 3.09. The van der Waals surface area contributed by atoms with Crippen LogP contribution in [-0.4, -0.2) is 44.2 Å². The Morgan fingerprint density at radius 2 is 1.78 bits per heavy atom. The molecule has 1 amide bonds. The first-order valence-electron chi connectivity index (χ1n) is 8.28. The molecule has 2 N–H and O–H groups in total. The standard InChI is InChI=1S/C18H28N2O3/c1-13(19)15-6-8-20(9-7-15)18(21)5-4-14-10-16(22-2)12-17(11-14)23-3/h10-13,15H,4-9,19H2,1-3H3. The van der Waals surface area contributed by atoms with Crippen LogP contribution in [0.1, 0.15) is 31.7 Å². The van der Waals surface area contributed by atoms with Gasteiger partial charge in [0, 0.05) is 31.6 Å². The summed E-state index contributed by atoms with van der Waals surface area (Å²) in [5, 5.41) is 0. The van der Waals surface area contributed by atoms with E-state index in [9.17, 15) is 4.79 Å². The third-order valence-electron chi connectivity index (χ3n) is 4.67. The van der Waals surface area contributed by atoms with E-state index in [1.165, 1.54) is 0 Å². The number of nitrogens with zero attached hydrogens (tertiary/aromatic N) is 1. The molecule has 5 heteroatoms. The zero-order valence-electron chi connectivity index (χ0n) is 14.4. The number of carbonyl (C=O) groups excluding carboxylic acids is 1. The predicted molar refractivity (Wildman–Crippen MR) is 90.8 cm³/mol. The molecule has 0 spiro atoms. The Balaban J connectivity index is 1.87. The molecule has 2 rings (SSSR count). The van der Waals surface area contributed by atoms with Gasteiger partial charge in [-0.2, -0.15) is 0 Å². The van der Waals surface area contributed by atoms with Crippen LogP contribution in [0.4, 0.5) is 0 Å². The first-order valence-corrected chi connectivity index (χ1v) is 8.28. The van der Waals surface area contributed by atoms with E-state index in [1.54, 1.807) is 14.2 Å². The van der Waals surface area contributed by atoms with Gasteiger partial charge < -0.3 is 20.1 Å². The van der Waals surface area contributed by atoms with Crippen molar-refractivity contribution in [2.24, 2.45) is 11.7 Å². The van der Waals surface area contributed by atoms with Crippen molar-refractivity contribution in [3.63, 3.8) is 0 Å². The maximum atomic E-state index is 12.4. The number of nitrogens with two attached hydrogens (primary N) is 1. The van der Waals surface area contributed by atoms with Crippen molar-refractivity contribution in [3.05, 3.63) is 23.8 Å². The molecule has 1 aliphatic heterocycles. The highest BCUT2D eigenvalue weighted by Gasteiger charge is 2.24. The van der Waals surface area contributed by atoms with Gasteiger partial charge in [-0.1, -0.05) is 0 Å². The van der Waals surface area contributed by atoms with Crippen molar-refractivity contribution in [1.29, 1.82) is 0 Å². The second kappa shape index (κ2) is 8.20. The lowest BCUT2D eigenvalue weighted by atomic mass is 9.91. The number of aryl methyl sites for hydroxylation is 1. The lowest BCUT2D eigenvalue weighted by Crippen LogP contribution is -2.42. The summed E-state index contributed by atoms with van der Waals surface area (Å²) < 4.78 is 10.5. The smallest absolute Gasteiger partial charge is 0.222 e. The monoisotopic (exact) mass is 320 g/mol.